The summed E-state index contributed by atoms with van der Waals surface area (Å²) in [6.45, 7) is 4.85. The van der Waals surface area contributed by atoms with Crippen molar-refractivity contribution in [2.75, 3.05) is 0 Å². The van der Waals surface area contributed by atoms with E-state index in [0.717, 1.165) is 0 Å². The number of para-hydroxylation sites is 2. The van der Waals surface area contributed by atoms with E-state index in [1.54, 1.807) is 79.1 Å². The number of aryl methyl sites for hydroxylation is 2. The Kier molecular flexibility index (Phi) is 8.60. The van der Waals surface area contributed by atoms with Crippen molar-refractivity contribution in [3.63, 3.8) is 0 Å². The molecule has 0 aliphatic carbocycles. The molecule has 0 bridgehead atoms. The summed E-state index contributed by atoms with van der Waals surface area (Å²) in [6.07, 6.45) is 0. The number of carboxylic acids is 1. The first-order valence-corrected chi connectivity index (χ1v) is 12.8. The van der Waals surface area contributed by atoms with Gasteiger partial charge < -0.3 is 14.4 Å². The second kappa shape index (κ2) is 11.4. The number of ether oxygens (including phenoxy) is 1. The molecular formula is C27H22F3NO8S. The van der Waals surface area contributed by atoms with Gasteiger partial charge in [-0.05, 0) is 56.2 Å². The standard InChI is InChI=1S/C26H21NO5.CHF3O3S/c1-15-12-18(17(3)28)13-16(2)25(15)32-26(31)24-19-8-4-6-10-21(19)27(14-23(29)30)22-11-7-5-9-20(22)24;2-1(3,4)8(5,6)7/h4-13H,14H2,1-3H3;(H,5,6,7). The highest BCUT2D eigenvalue weighted by Gasteiger charge is 2.37. The third-order valence-corrected chi connectivity index (χ3v) is 6.34. The highest BCUT2D eigenvalue weighted by molar-refractivity contribution is 7.86. The summed E-state index contributed by atoms with van der Waals surface area (Å²) in [5, 5.41) is 10.7. The molecule has 9 nitrogen and oxygen atoms in total. The second-order valence-electron chi connectivity index (χ2n) is 8.67. The van der Waals surface area contributed by atoms with Crippen molar-refractivity contribution in [2.45, 2.75) is 32.8 Å². The molecule has 0 spiro atoms. The van der Waals surface area contributed by atoms with Gasteiger partial charge in [-0.3, -0.25) is 4.79 Å². The third kappa shape index (κ3) is 6.43. The number of benzene rings is 3. The fourth-order valence-electron chi connectivity index (χ4n) is 4.10. The van der Waals surface area contributed by atoms with Gasteiger partial charge >= 0.3 is 17.4 Å². The smallest absolute Gasteiger partial charge is 0.485 e. The molecule has 210 valence electrons. The maximum absolute atomic E-state index is 13.5. The van der Waals surface area contributed by atoms with Crippen LogP contribution in [-0.4, -0.2) is 41.3 Å². The summed E-state index contributed by atoms with van der Waals surface area (Å²) in [6, 6.07) is 17.8. The Morgan fingerprint density at radius 2 is 1.35 bits per heavy atom. The van der Waals surface area contributed by atoms with Gasteiger partial charge in [0.2, 0.25) is 17.6 Å². The number of esters is 1. The summed E-state index contributed by atoms with van der Waals surface area (Å²) in [5.74, 6) is -1.16. The van der Waals surface area contributed by atoms with Crippen molar-refractivity contribution < 1.29 is 54.9 Å². The van der Waals surface area contributed by atoms with Gasteiger partial charge in [0.1, 0.15) is 5.75 Å². The fraction of sp³-hybridized carbons (Fsp3) is 0.185. The number of Topliss-reactive ketones (excluding diaryl/α,β-unsaturated/α-hetero) is 1. The van der Waals surface area contributed by atoms with Gasteiger partial charge in [-0.25, -0.2) is 18.0 Å². The fourth-order valence-corrected chi connectivity index (χ4v) is 4.10. The Labute approximate surface area is 226 Å². The maximum atomic E-state index is 13.5. The summed E-state index contributed by atoms with van der Waals surface area (Å²) in [4.78, 5) is 36.8. The number of halogens is 3. The molecule has 0 aliphatic heterocycles. The van der Waals surface area contributed by atoms with Crippen molar-refractivity contribution in [3.05, 3.63) is 82.9 Å². The number of nitrogens with zero attached hydrogens (tertiary/aromatic N) is 1. The number of ketones is 1. The maximum Gasteiger partial charge on any atom is 0.485 e. The zero-order valence-electron chi connectivity index (χ0n) is 21.3. The molecule has 3 aromatic carbocycles. The summed E-state index contributed by atoms with van der Waals surface area (Å²) in [7, 11) is -6.09. The van der Waals surface area contributed by atoms with Crippen molar-refractivity contribution in [3.8, 4) is 5.75 Å². The molecular weight excluding hydrogens is 555 g/mol. The quantitative estimate of drug-likeness (QED) is 0.0697. The molecule has 4 aromatic rings. The molecule has 4 rings (SSSR count). The number of carboxylic acid groups (broad SMARTS) is 1. The van der Waals surface area contributed by atoms with Crippen LogP contribution in [0.3, 0.4) is 0 Å². The molecule has 0 unspecified atom stereocenters. The lowest BCUT2D eigenvalue weighted by atomic mass is 10.0. The van der Waals surface area contributed by atoms with Crippen LogP contribution in [0.25, 0.3) is 21.8 Å². The van der Waals surface area contributed by atoms with Gasteiger partial charge in [-0.2, -0.15) is 17.7 Å². The van der Waals surface area contributed by atoms with Gasteiger partial charge in [0, 0.05) is 17.7 Å². The van der Waals surface area contributed by atoms with Gasteiger partial charge in [-0.1, -0.05) is 24.3 Å². The lowest BCUT2D eigenvalue weighted by Gasteiger charge is -2.14. The normalized spacial score (nSPS) is 11.6. The number of rotatable bonds is 5. The molecule has 40 heavy (non-hydrogen) atoms. The van der Waals surface area contributed by atoms with Crippen molar-refractivity contribution in [2.24, 2.45) is 0 Å². The predicted octanol–water partition coefficient (Wildman–Crippen LogP) is 4.46. The first-order chi connectivity index (χ1) is 18.5. The van der Waals surface area contributed by atoms with E-state index in [0.29, 0.717) is 49.8 Å². The number of pyridine rings is 1. The van der Waals surface area contributed by atoms with Crippen molar-refractivity contribution >= 4 is 49.6 Å². The van der Waals surface area contributed by atoms with Crippen molar-refractivity contribution in [1.82, 2.24) is 0 Å². The monoisotopic (exact) mass is 577 g/mol. The number of hydrogen-bond acceptors (Lipinski definition) is 7. The Morgan fingerprint density at radius 3 is 1.73 bits per heavy atom. The van der Waals surface area contributed by atoms with Gasteiger partial charge in [0.05, 0.1) is 16.3 Å². The van der Waals surface area contributed by atoms with E-state index in [-0.39, 0.29) is 12.3 Å². The highest BCUT2D eigenvalue weighted by Crippen LogP contribution is 2.30. The molecule has 0 saturated heterocycles. The van der Waals surface area contributed by atoms with E-state index in [2.05, 4.69) is 0 Å². The largest absolute Gasteiger partial charge is 0.741 e. The van der Waals surface area contributed by atoms with Crippen LogP contribution in [0.4, 0.5) is 13.2 Å². The zero-order valence-corrected chi connectivity index (χ0v) is 22.1. The number of hydrogen-bond donors (Lipinski definition) is 1. The van der Waals surface area contributed by atoms with Crippen LogP contribution in [0.2, 0.25) is 0 Å². The lowest BCUT2D eigenvalue weighted by molar-refractivity contribution is -0.633. The van der Waals surface area contributed by atoms with Crippen LogP contribution in [0.15, 0.2) is 60.7 Å². The van der Waals surface area contributed by atoms with E-state index in [4.69, 9.17) is 17.7 Å². The van der Waals surface area contributed by atoms with E-state index >= 15 is 0 Å². The average molecular weight is 578 g/mol. The number of aromatic nitrogens is 1. The molecule has 1 heterocycles. The lowest BCUT2D eigenvalue weighted by Crippen LogP contribution is -2.40. The molecule has 0 amide bonds. The minimum atomic E-state index is -6.09. The number of aliphatic carboxylic acids is 1. The van der Waals surface area contributed by atoms with Crippen LogP contribution in [0, 0.1) is 13.8 Å². The highest BCUT2D eigenvalue weighted by atomic mass is 32.2. The zero-order chi connectivity index (χ0) is 30.0. The first kappa shape index (κ1) is 30.2. The molecule has 0 saturated carbocycles. The van der Waals surface area contributed by atoms with Gasteiger partial charge in [-0.15, -0.1) is 0 Å². The number of fused-ring (bicyclic) bond motifs is 2. The van der Waals surface area contributed by atoms with Crippen LogP contribution >= 0.6 is 0 Å². The van der Waals surface area contributed by atoms with Crippen molar-refractivity contribution in [1.29, 1.82) is 0 Å². The van der Waals surface area contributed by atoms with Gasteiger partial charge in [0.15, 0.2) is 15.9 Å². The first-order valence-electron chi connectivity index (χ1n) is 11.4. The van der Waals surface area contributed by atoms with Crippen LogP contribution in [0.5, 0.6) is 5.75 Å². The third-order valence-electron chi connectivity index (χ3n) is 5.77. The Morgan fingerprint density at radius 1 is 0.925 bits per heavy atom. The van der Waals surface area contributed by atoms with Gasteiger partial charge in [0.25, 0.3) is 0 Å². The Balaban J connectivity index is 0.000000482. The molecule has 1 N–H and O–H groups in total. The summed E-state index contributed by atoms with van der Waals surface area (Å²) >= 11 is 0. The van der Waals surface area contributed by atoms with Crippen LogP contribution < -0.4 is 9.30 Å². The molecule has 13 heteroatoms. The number of carbonyl (C=O) groups excluding carboxylic acids is 2. The SMILES string of the molecule is CC(=O)c1cc(C)c(OC(=O)c2c3ccccc3[n+](CC(=O)O)c3ccccc23)c(C)c1.O=S(=O)([O-])C(F)(F)F. The molecule has 1 aromatic heterocycles. The average Bonchev–Trinajstić information content (AvgIpc) is 2.84. The molecule has 0 radical (unpaired) electrons. The Hall–Kier alpha value is -4.36. The van der Waals surface area contributed by atoms with E-state index in [1.807, 2.05) is 0 Å². The van der Waals surface area contributed by atoms with E-state index in [9.17, 15) is 32.7 Å². The molecule has 0 atom stereocenters. The van der Waals surface area contributed by atoms with E-state index in [1.165, 1.54) is 6.92 Å². The van der Waals surface area contributed by atoms with E-state index < -0.39 is 27.6 Å². The summed E-state index contributed by atoms with van der Waals surface area (Å²) < 4.78 is 66.4. The predicted molar refractivity (Wildman–Crippen MR) is 136 cm³/mol. The van der Waals surface area contributed by atoms with Crippen LogP contribution in [-0.2, 0) is 21.5 Å². The number of carbonyl (C=O) groups is 3. The molecule has 0 fully saturated rings. The topological polar surface area (TPSA) is 142 Å². The minimum absolute atomic E-state index is 0.0582. The second-order valence-corrected chi connectivity index (χ2v) is 10.0. The number of alkyl halides is 3. The molecule has 0 aliphatic rings. The Bertz CT molecular complexity index is 1690. The van der Waals surface area contributed by atoms with Crippen LogP contribution in [0.1, 0.15) is 38.8 Å². The minimum Gasteiger partial charge on any atom is -0.741 e. The summed E-state index contributed by atoms with van der Waals surface area (Å²) in [5.41, 5.74) is -2.09.